The molecule has 1 aliphatic heterocycles. The fourth-order valence-corrected chi connectivity index (χ4v) is 2.40. The number of hydrogen-bond donors (Lipinski definition) is 2. The monoisotopic (exact) mass is 315 g/mol. The predicted octanol–water partition coefficient (Wildman–Crippen LogP) is 0.816. The first-order valence-corrected chi connectivity index (χ1v) is 7.82. The molecule has 23 heavy (non-hydrogen) atoms. The molecular weight excluding hydrogens is 290 g/mol. The number of benzene rings is 1. The van der Waals surface area contributed by atoms with E-state index in [9.17, 15) is 4.79 Å². The van der Waals surface area contributed by atoms with Gasteiger partial charge < -0.3 is 20.9 Å². The van der Waals surface area contributed by atoms with Gasteiger partial charge in [0.25, 0.3) is 0 Å². The average Bonchev–Trinajstić information content (AvgIpc) is 2.58. The summed E-state index contributed by atoms with van der Waals surface area (Å²) in [6.07, 6.45) is 0. The Bertz CT molecular complexity index is 562. The first-order valence-electron chi connectivity index (χ1n) is 7.82. The third kappa shape index (κ3) is 5.32. The number of guanidine groups is 1. The third-order valence-corrected chi connectivity index (χ3v) is 3.71. The maximum absolute atomic E-state index is 12.2. The molecule has 1 aromatic rings. The van der Waals surface area contributed by atoms with Gasteiger partial charge in [-0.3, -0.25) is 4.79 Å². The van der Waals surface area contributed by atoms with Crippen molar-refractivity contribution in [1.29, 1.82) is 0 Å². The molecule has 0 bridgehead atoms. The van der Waals surface area contributed by atoms with E-state index in [1.54, 1.807) is 0 Å². The summed E-state index contributed by atoms with van der Waals surface area (Å²) in [6.45, 7) is 9.42. The molecule has 0 spiro atoms. The van der Waals surface area contributed by atoms with E-state index in [2.05, 4.69) is 33.9 Å². The molecule has 1 aromatic carbocycles. The minimum absolute atomic E-state index is 0.0118. The van der Waals surface area contributed by atoms with Crippen molar-refractivity contribution in [3.63, 3.8) is 0 Å². The van der Waals surface area contributed by atoms with Crippen LogP contribution in [0.3, 0.4) is 0 Å². The molecule has 1 saturated heterocycles. The van der Waals surface area contributed by atoms with Crippen molar-refractivity contribution >= 4 is 17.6 Å². The summed E-state index contributed by atoms with van der Waals surface area (Å²) >= 11 is 0. The molecule has 0 radical (unpaired) electrons. The van der Waals surface area contributed by atoms with Crippen molar-refractivity contribution < 1.29 is 4.79 Å². The lowest BCUT2D eigenvalue weighted by molar-refractivity contribution is -0.129. The SMILES string of the molecule is C=C(C)CNC(N)=NCC(=O)N1CCN(c2ccccc2)CC1. The molecule has 0 aliphatic carbocycles. The van der Waals surface area contributed by atoms with Gasteiger partial charge in [0.15, 0.2) is 5.96 Å². The topological polar surface area (TPSA) is 74.0 Å². The molecule has 3 N–H and O–H groups in total. The number of nitrogens with two attached hydrogens (primary N) is 1. The van der Waals surface area contributed by atoms with Gasteiger partial charge in [-0.2, -0.15) is 0 Å². The van der Waals surface area contributed by atoms with Gasteiger partial charge in [0.1, 0.15) is 6.54 Å². The van der Waals surface area contributed by atoms with E-state index in [4.69, 9.17) is 5.73 Å². The number of hydrogen-bond acceptors (Lipinski definition) is 3. The van der Waals surface area contributed by atoms with Crippen LogP contribution in [0.15, 0.2) is 47.5 Å². The van der Waals surface area contributed by atoms with Crippen LogP contribution >= 0.6 is 0 Å². The lowest BCUT2D eigenvalue weighted by atomic mass is 10.2. The third-order valence-electron chi connectivity index (χ3n) is 3.71. The van der Waals surface area contributed by atoms with Crippen molar-refractivity contribution in [2.75, 3.05) is 44.2 Å². The molecule has 0 unspecified atom stereocenters. The van der Waals surface area contributed by atoms with Gasteiger partial charge in [0.05, 0.1) is 0 Å². The summed E-state index contributed by atoms with van der Waals surface area (Å²) in [5.74, 6) is 0.294. The lowest BCUT2D eigenvalue weighted by Gasteiger charge is -2.35. The van der Waals surface area contributed by atoms with Crippen LogP contribution < -0.4 is 16.0 Å². The summed E-state index contributed by atoms with van der Waals surface area (Å²) in [7, 11) is 0. The van der Waals surface area contributed by atoms with E-state index in [0.717, 1.165) is 18.7 Å². The van der Waals surface area contributed by atoms with Crippen molar-refractivity contribution in [3.05, 3.63) is 42.5 Å². The molecule has 2 rings (SSSR count). The number of anilines is 1. The number of rotatable bonds is 5. The number of carbonyl (C=O) groups is 1. The highest BCUT2D eigenvalue weighted by Gasteiger charge is 2.20. The Hall–Kier alpha value is -2.50. The van der Waals surface area contributed by atoms with Gasteiger partial charge in [0.2, 0.25) is 5.91 Å². The van der Waals surface area contributed by atoms with Crippen LogP contribution in [0, 0.1) is 0 Å². The van der Waals surface area contributed by atoms with Crippen LogP contribution in [0.25, 0.3) is 0 Å². The van der Waals surface area contributed by atoms with Gasteiger partial charge >= 0.3 is 0 Å². The number of aliphatic imine (C=N–C) groups is 1. The zero-order valence-electron chi connectivity index (χ0n) is 13.7. The van der Waals surface area contributed by atoms with Crippen LogP contribution in [0.5, 0.6) is 0 Å². The van der Waals surface area contributed by atoms with Gasteiger partial charge in [-0.15, -0.1) is 0 Å². The van der Waals surface area contributed by atoms with Crippen LogP contribution in [-0.4, -0.2) is 56.0 Å². The summed E-state index contributed by atoms with van der Waals surface area (Å²) in [5.41, 5.74) is 7.88. The zero-order valence-corrected chi connectivity index (χ0v) is 13.7. The molecule has 1 heterocycles. The van der Waals surface area contributed by atoms with E-state index < -0.39 is 0 Å². The Morgan fingerprint density at radius 2 is 1.91 bits per heavy atom. The minimum Gasteiger partial charge on any atom is -0.370 e. The van der Waals surface area contributed by atoms with Crippen LogP contribution in [0.1, 0.15) is 6.92 Å². The van der Waals surface area contributed by atoms with E-state index in [-0.39, 0.29) is 18.4 Å². The quantitative estimate of drug-likeness (QED) is 0.479. The molecule has 1 aliphatic rings. The van der Waals surface area contributed by atoms with Crippen molar-refractivity contribution in [2.24, 2.45) is 10.7 Å². The molecule has 6 heteroatoms. The molecule has 0 saturated carbocycles. The van der Waals surface area contributed by atoms with Gasteiger partial charge in [-0.1, -0.05) is 30.4 Å². The highest BCUT2D eigenvalue weighted by Crippen LogP contribution is 2.15. The maximum Gasteiger partial charge on any atom is 0.244 e. The fourth-order valence-electron chi connectivity index (χ4n) is 2.40. The second-order valence-corrected chi connectivity index (χ2v) is 5.72. The van der Waals surface area contributed by atoms with Crippen LogP contribution in [0.4, 0.5) is 5.69 Å². The summed E-state index contributed by atoms with van der Waals surface area (Å²) < 4.78 is 0. The second-order valence-electron chi connectivity index (χ2n) is 5.72. The Kier molecular flexibility index (Phi) is 6.02. The minimum atomic E-state index is 0.0118. The lowest BCUT2D eigenvalue weighted by Crippen LogP contribution is -2.49. The van der Waals surface area contributed by atoms with Gasteiger partial charge in [0, 0.05) is 38.4 Å². The second kappa shape index (κ2) is 8.22. The normalized spacial score (nSPS) is 15.4. The first-order chi connectivity index (χ1) is 11.1. The molecule has 0 atom stereocenters. The number of nitrogens with one attached hydrogen (secondary N) is 1. The highest BCUT2D eigenvalue weighted by atomic mass is 16.2. The number of carbonyl (C=O) groups excluding carboxylic acids is 1. The summed E-state index contributed by atoms with van der Waals surface area (Å²) in [6, 6.07) is 10.3. The zero-order chi connectivity index (χ0) is 16.7. The standard InChI is InChI=1S/C17H25N5O/c1-14(2)12-19-17(18)20-13-16(23)22-10-8-21(9-11-22)15-6-4-3-5-7-15/h3-7H,1,8-13H2,2H3,(H3,18,19,20). The Balaban J connectivity index is 1.77. The Morgan fingerprint density at radius 3 is 2.52 bits per heavy atom. The smallest absolute Gasteiger partial charge is 0.244 e. The molecule has 124 valence electrons. The van der Waals surface area contributed by atoms with Crippen molar-refractivity contribution in [3.8, 4) is 0 Å². The van der Waals surface area contributed by atoms with E-state index in [1.165, 1.54) is 5.69 Å². The molecule has 6 nitrogen and oxygen atoms in total. The summed E-state index contributed by atoms with van der Waals surface area (Å²) in [5, 5.41) is 2.92. The largest absolute Gasteiger partial charge is 0.370 e. The van der Waals surface area contributed by atoms with Gasteiger partial charge in [-0.25, -0.2) is 4.99 Å². The van der Waals surface area contributed by atoms with Crippen molar-refractivity contribution in [2.45, 2.75) is 6.92 Å². The molecular formula is C17H25N5O. The van der Waals surface area contributed by atoms with Crippen molar-refractivity contribution in [1.82, 2.24) is 10.2 Å². The van der Waals surface area contributed by atoms with E-state index in [1.807, 2.05) is 30.0 Å². The van der Waals surface area contributed by atoms with Crippen LogP contribution in [-0.2, 0) is 4.79 Å². The van der Waals surface area contributed by atoms with Crippen LogP contribution in [0.2, 0.25) is 0 Å². The number of nitrogens with zero attached hydrogens (tertiary/aromatic N) is 3. The average molecular weight is 315 g/mol. The Morgan fingerprint density at radius 1 is 1.26 bits per heavy atom. The van der Waals surface area contributed by atoms with Gasteiger partial charge in [-0.05, 0) is 19.1 Å². The molecule has 0 aromatic heterocycles. The number of piperazine rings is 1. The summed E-state index contributed by atoms with van der Waals surface area (Å²) in [4.78, 5) is 20.4. The maximum atomic E-state index is 12.2. The number of amides is 1. The number of para-hydroxylation sites is 1. The van der Waals surface area contributed by atoms with E-state index in [0.29, 0.717) is 19.6 Å². The van der Waals surface area contributed by atoms with E-state index >= 15 is 0 Å². The predicted molar refractivity (Wildman–Crippen MR) is 94.5 cm³/mol. The Labute approximate surface area is 137 Å². The molecule has 1 amide bonds. The molecule has 1 fully saturated rings. The first kappa shape index (κ1) is 16.9. The fraction of sp³-hybridized carbons (Fsp3) is 0.412. The highest BCUT2D eigenvalue weighted by molar-refractivity contribution is 5.84.